The third-order valence-corrected chi connectivity index (χ3v) is 2.92. The van der Waals surface area contributed by atoms with Crippen LogP contribution in [0.1, 0.15) is 31.4 Å². The Morgan fingerprint density at radius 1 is 1.50 bits per heavy atom. The van der Waals surface area contributed by atoms with Crippen LogP contribution in [0.4, 0.5) is 19.0 Å². The summed E-state index contributed by atoms with van der Waals surface area (Å²) >= 11 is 0. The van der Waals surface area contributed by atoms with E-state index in [-0.39, 0.29) is 12.1 Å². The molecule has 1 aromatic heterocycles. The molecule has 3 nitrogen and oxygen atoms in total. The van der Waals surface area contributed by atoms with Crippen molar-refractivity contribution in [3.63, 3.8) is 0 Å². The van der Waals surface area contributed by atoms with E-state index in [1.54, 1.807) is 19.1 Å². The maximum absolute atomic E-state index is 12.6. The van der Waals surface area contributed by atoms with Crippen molar-refractivity contribution < 1.29 is 13.2 Å². The maximum atomic E-state index is 12.6. The first-order valence-corrected chi connectivity index (χ1v) is 5.92. The van der Waals surface area contributed by atoms with Crippen LogP contribution in [-0.4, -0.2) is 23.7 Å². The molecule has 1 heterocycles. The number of alkyl halides is 3. The van der Waals surface area contributed by atoms with Gasteiger partial charge in [0.2, 0.25) is 0 Å². The van der Waals surface area contributed by atoms with E-state index in [2.05, 4.69) is 4.98 Å². The fraction of sp³-hybridized carbons (Fsp3) is 0.583. The molecular formula is C12H16F3N3. The average molecular weight is 259 g/mol. The van der Waals surface area contributed by atoms with Gasteiger partial charge in [0.05, 0.1) is 0 Å². The van der Waals surface area contributed by atoms with Gasteiger partial charge in [0.15, 0.2) is 0 Å². The second-order valence-electron chi connectivity index (χ2n) is 4.68. The van der Waals surface area contributed by atoms with E-state index >= 15 is 0 Å². The van der Waals surface area contributed by atoms with Crippen molar-refractivity contribution in [3.8, 4) is 0 Å². The maximum Gasteiger partial charge on any atom is 0.405 e. The van der Waals surface area contributed by atoms with Crippen LogP contribution in [-0.2, 0) is 0 Å². The van der Waals surface area contributed by atoms with Crippen LogP contribution >= 0.6 is 0 Å². The van der Waals surface area contributed by atoms with Crippen molar-refractivity contribution in [2.45, 2.75) is 38.0 Å². The van der Waals surface area contributed by atoms with Crippen LogP contribution in [0.2, 0.25) is 0 Å². The lowest BCUT2D eigenvalue weighted by atomic mass is 10.1. The first kappa shape index (κ1) is 13.1. The molecular weight excluding hydrogens is 243 g/mol. The summed E-state index contributed by atoms with van der Waals surface area (Å²) in [6.45, 7) is 0.785. The summed E-state index contributed by atoms with van der Waals surface area (Å²) in [5.74, 6) is 0.368. The number of rotatable bonds is 4. The van der Waals surface area contributed by atoms with Crippen LogP contribution < -0.4 is 10.6 Å². The molecule has 1 aliphatic carbocycles. The summed E-state index contributed by atoms with van der Waals surface area (Å²) in [6, 6.07) is 3.04. The Kier molecular flexibility index (Phi) is 3.47. The molecule has 1 aliphatic rings. The highest BCUT2D eigenvalue weighted by molar-refractivity contribution is 5.50. The SMILES string of the molecule is C[C@@H](N)c1cccnc1N(CC(F)(F)F)C1CC1. The lowest BCUT2D eigenvalue weighted by Gasteiger charge is -2.27. The molecule has 100 valence electrons. The summed E-state index contributed by atoms with van der Waals surface area (Å²) in [7, 11) is 0. The first-order chi connectivity index (χ1) is 8.38. The summed E-state index contributed by atoms with van der Waals surface area (Å²) in [4.78, 5) is 5.42. The minimum absolute atomic E-state index is 0.0565. The van der Waals surface area contributed by atoms with E-state index in [1.165, 1.54) is 11.1 Å². The topological polar surface area (TPSA) is 42.1 Å². The second kappa shape index (κ2) is 4.76. The van der Waals surface area contributed by atoms with Crippen molar-refractivity contribution in [1.82, 2.24) is 4.98 Å². The Hall–Kier alpha value is -1.30. The number of pyridine rings is 1. The first-order valence-electron chi connectivity index (χ1n) is 5.92. The Bertz CT molecular complexity index is 413. The fourth-order valence-corrected chi connectivity index (χ4v) is 1.96. The van der Waals surface area contributed by atoms with Gasteiger partial charge in [-0.3, -0.25) is 0 Å². The summed E-state index contributed by atoms with van der Waals surface area (Å²) in [5, 5.41) is 0. The van der Waals surface area contributed by atoms with Crippen molar-refractivity contribution in [2.75, 3.05) is 11.4 Å². The highest BCUT2D eigenvalue weighted by Gasteiger charge is 2.39. The molecule has 0 aliphatic heterocycles. The van der Waals surface area contributed by atoms with Gasteiger partial charge in [-0.1, -0.05) is 6.07 Å². The average Bonchev–Trinajstić information content (AvgIpc) is 3.08. The molecule has 0 amide bonds. The molecule has 0 aromatic carbocycles. The normalized spacial score (nSPS) is 17.6. The standard InChI is InChI=1S/C12H16F3N3/c1-8(16)10-3-2-6-17-11(10)18(9-4-5-9)7-12(13,14)15/h2-3,6,8-9H,4-5,7,16H2,1H3/t8-/m1/s1. The van der Waals surface area contributed by atoms with Crippen LogP contribution in [0.3, 0.4) is 0 Å². The molecule has 18 heavy (non-hydrogen) atoms. The Morgan fingerprint density at radius 2 is 2.17 bits per heavy atom. The fourth-order valence-electron chi connectivity index (χ4n) is 1.96. The second-order valence-corrected chi connectivity index (χ2v) is 4.68. The van der Waals surface area contributed by atoms with Crippen molar-refractivity contribution in [1.29, 1.82) is 0 Å². The number of hydrogen-bond donors (Lipinski definition) is 1. The minimum atomic E-state index is -4.23. The van der Waals surface area contributed by atoms with E-state index in [9.17, 15) is 13.2 Å². The number of aromatic nitrogens is 1. The van der Waals surface area contributed by atoms with E-state index < -0.39 is 12.7 Å². The quantitative estimate of drug-likeness (QED) is 0.903. The number of hydrogen-bond acceptors (Lipinski definition) is 3. The third-order valence-electron chi connectivity index (χ3n) is 2.92. The molecule has 0 unspecified atom stereocenters. The minimum Gasteiger partial charge on any atom is -0.344 e. The Morgan fingerprint density at radius 3 is 2.67 bits per heavy atom. The number of anilines is 1. The van der Waals surface area contributed by atoms with Crippen molar-refractivity contribution >= 4 is 5.82 Å². The van der Waals surface area contributed by atoms with Gasteiger partial charge >= 0.3 is 6.18 Å². The van der Waals surface area contributed by atoms with Gasteiger partial charge in [0.25, 0.3) is 0 Å². The van der Waals surface area contributed by atoms with E-state index in [1.807, 2.05) is 0 Å². The molecule has 2 N–H and O–H groups in total. The molecule has 1 fully saturated rings. The van der Waals surface area contributed by atoms with E-state index in [0.717, 1.165) is 12.8 Å². The lowest BCUT2D eigenvalue weighted by molar-refractivity contribution is -0.120. The molecule has 1 saturated carbocycles. The van der Waals surface area contributed by atoms with E-state index in [4.69, 9.17) is 5.73 Å². The zero-order valence-corrected chi connectivity index (χ0v) is 10.1. The Labute approximate surface area is 104 Å². The molecule has 1 aromatic rings. The number of nitrogens with zero attached hydrogens (tertiary/aromatic N) is 2. The molecule has 2 rings (SSSR count). The predicted octanol–water partition coefficient (Wildman–Crippen LogP) is 2.63. The molecule has 0 bridgehead atoms. The van der Waals surface area contributed by atoms with Crippen LogP contribution in [0.15, 0.2) is 18.3 Å². The summed E-state index contributed by atoms with van der Waals surface area (Å²) in [5.41, 5.74) is 6.45. The van der Waals surface area contributed by atoms with Gasteiger partial charge in [-0.15, -0.1) is 0 Å². The number of halogens is 3. The molecule has 0 saturated heterocycles. The van der Waals surface area contributed by atoms with Crippen molar-refractivity contribution in [2.24, 2.45) is 5.73 Å². The van der Waals surface area contributed by atoms with Gasteiger partial charge in [0.1, 0.15) is 12.4 Å². The molecule has 6 heteroatoms. The summed E-state index contributed by atoms with van der Waals surface area (Å²) < 4.78 is 37.8. The van der Waals surface area contributed by atoms with Gasteiger partial charge in [0, 0.05) is 23.8 Å². The molecule has 1 atom stereocenters. The summed E-state index contributed by atoms with van der Waals surface area (Å²) in [6.07, 6.45) is -1.15. The van der Waals surface area contributed by atoms with E-state index in [0.29, 0.717) is 11.4 Å². The monoisotopic (exact) mass is 259 g/mol. The lowest BCUT2D eigenvalue weighted by Crippen LogP contribution is -2.37. The van der Waals surface area contributed by atoms with Crippen LogP contribution in [0.5, 0.6) is 0 Å². The number of nitrogens with two attached hydrogens (primary N) is 1. The van der Waals surface area contributed by atoms with Crippen LogP contribution in [0, 0.1) is 0 Å². The van der Waals surface area contributed by atoms with Gasteiger partial charge in [-0.25, -0.2) is 4.98 Å². The largest absolute Gasteiger partial charge is 0.405 e. The van der Waals surface area contributed by atoms with Gasteiger partial charge in [-0.2, -0.15) is 13.2 Å². The van der Waals surface area contributed by atoms with Crippen LogP contribution in [0.25, 0.3) is 0 Å². The van der Waals surface area contributed by atoms with Gasteiger partial charge < -0.3 is 10.6 Å². The zero-order chi connectivity index (χ0) is 13.3. The van der Waals surface area contributed by atoms with Gasteiger partial charge in [-0.05, 0) is 25.8 Å². The smallest absolute Gasteiger partial charge is 0.344 e. The Balaban J connectivity index is 2.31. The predicted molar refractivity (Wildman–Crippen MR) is 63.3 cm³/mol. The van der Waals surface area contributed by atoms with Crippen molar-refractivity contribution in [3.05, 3.63) is 23.9 Å². The highest BCUT2D eigenvalue weighted by Crippen LogP contribution is 2.35. The highest BCUT2D eigenvalue weighted by atomic mass is 19.4. The third kappa shape index (κ3) is 3.13. The zero-order valence-electron chi connectivity index (χ0n) is 10.1. The molecule has 0 radical (unpaired) electrons. The molecule has 0 spiro atoms.